The average Bonchev–Trinajstić information content (AvgIpc) is 2.95. The minimum absolute atomic E-state index is 0.292. The average molecular weight is 244 g/mol. The van der Waals surface area contributed by atoms with Crippen LogP contribution >= 0.6 is 0 Å². The third kappa shape index (κ3) is 1.97. The van der Waals surface area contributed by atoms with Crippen molar-refractivity contribution in [3.63, 3.8) is 0 Å². The van der Waals surface area contributed by atoms with Crippen LogP contribution in [0, 0.1) is 0 Å². The lowest BCUT2D eigenvalue weighted by atomic mass is 10.4. The van der Waals surface area contributed by atoms with Gasteiger partial charge in [0.25, 0.3) is 0 Å². The Morgan fingerprint density at radius 1 is 1.50 bits per heavy atom. The zero-order valence-corrected chi connectivity index (χ0v) is 10.2. The van der Waals surface area contributed by atoms with Crippen molar-refractivity contribution >= 4 is 9.84 Å². The predicted molar refractivity (Wildman–Crippen MR) is 59.4 cm³/mol. The maximum absolute atomic E-state index is 11.5. The summed E-state index contributed by atoms with van der Waals surface area (Å²) < 4.78 is 24.9. The Hall–Kier alpha value is -0.950. The second-order valence-corrected chi connectivity index (χ2v) is 6.62. The Morgan fingerprint density at radius 2 is 2.12 bits per heavy atom. The van der Waals surface area contributed by atoms with Crippen molar-refractivity contribution in [2.24, 2.45) is 5.73 Å². The summed E-state index contributed by atoms with van der Waals surface area (Å²) in [5.41, 5.74) is 5.57. The first-order chi connectivity index (χ1) is 7.45. The van der Waals surface area contributed by atoms with Crippen molar-refractivity contribution in [3.05, 3.63) is 11.6 Å². The molecule has 2 N–H and O–H groups in total. The van der Waals surface area contributed by atoms with Gasteiger partial charge in [-0.25, -0.2) is 8.42 Å². The standard InChI is InChI=1S/C9H16N4O2S/c1-6(16(2,14)15)9-12-11-8(5-10)13(9)7-3-4-7/h6-7H,3-5,10H2,1-2H3. The summed E-state index contributed by atoms with van der Waals surface area (Å²) in [6.45, 7) is 1.93. The van der Waals surface area contributed by atoms with Crippen LogP contribution in [0.5, 0.6) is 0 Å². The zero-order chi connectivity index (χ0) is 11.9. The Morgan fingerprint density at radius 3 is 2.56 bits per heavy atom. The number of aromatic nitrogens is 3. The molecular formula is C9H16N4O2S. The minimum atomic E-state index is -3.14. The Balaban J connectivity index is 2.44. The van der Waals surface area contributed by atoms with Crippen LogP contribution in [0.3, 0.4) is 0 Å². The highest BCUT2D eigenvalue weighted by Gasteiger charge is 2.33. The van der Waals surface area contributed by atoms with E-state index in [-0.39, 0.29) is 0 Å². The molecule has 0 amide bonds. The van der Waals surface area contributed by atoms with E-state index in [0.29, 0.717) is 24.2 Å². The smallest absolute Gasteiger partial charge is 0.157 e. The fourth-order valence-corrected chi connectivity index (χ4v) is 2.22. The first kappa shape index (κ1) is 11.5. The molecule has 90 valence electrons. The number of rotatable bonds is 4. The lowest BCUT2D eigenvalue weighted by Gasteiger charge is -2.12. The second kappa shape index (κ2) is 3.81. The van der Waals surface area contributed by atoms with Crippen molar-refractivity contribution < 1.29 is 8.42 Å². The van der Waals surface area contributed by atoms with Gasteiger partial charge in [0.1, 0.15) is 11.1 Å². The van der Waals surface area contributed by atoms with Crippen LogP contribution in [0.25, 0.3) is 0 Å². The number of hydrogen-bond donors (Lipinski definition) is 1. The largest absolute Gasteiger partial charge is 0.324 e. The summed E-state index contributed by atoms with van der Waals surface area (Å²) in [4.78, 5) is 0. The molecule has 7 heteroatoms. The highest BCUT2D eigenvalue weighted by molar-refractivity contribution is 7.90. The molecule has 0 aromatic carbocycles. The van der Waals surface area contributed by atoms with E-state index in [1.54, 1.807) is 6.92 Å². The minimum Gasteiger partial charge on any atom is -0.324 e. The van der Waals surface area contributed by atoms with E-state index in [2.05, 4.69) is 10.2 Å². The van der Waals surface area contributed by atoms with Gasteiger partial charge in [0, 0.05) is 12.3 Å². The van der Waals surface area contributed by atoms with Gasteiger partial charge in [0.2, 0.25) is 0 Å². The zero-order valence-electron chi connectivity index (χ0n) is 9.42. The Kier molecular flexibility index (Phi) is 2.75. The van der Waals surface area contributed by atoms with E-state index in [1.807, 2.05) is 4.57 Å². The molecule has 1 unspecified atom stereocenters. The van der Waals surface area contributed by atoms with Gasteiger partial charge in [-0.3, -0.25) is 0 Å². The van der Waals surface area contributed by atoms with Crippen molar-refractivity contribution in [1.29, 1.82) is 0 Å². The summed E-state index contributed by atoms with van der Waals surface area (Å²) in [7, 11) is -3.14. The molecule has 1 saturated carbocycles. The molecule has 0 radical (unpaired) electrons. The summed E-state index contributed by atoms with van der Waals surface area (Å²) in [5.74, 6) is 1.19. The van der Waals surface area contributed by atoms with Crippen LogP contribution in [-0.4, -0.2) is 29.4 Å². The van der Waals surface area contributed by atoms with E-state index in [0.717, 1.165) is 12.8 Å². The van der Waals surface area contributed by atoms with Crippen molar-refractivity contribution in [2.75, 3.05) is 6.26 Å². The van der Waals surface area contributed by atoms with E-state index >= 15 is 0 Å². The molecule has 1 aromatic heterocycles. The van der Waals surface area contributed by atoms with E-state index in [1.165, 1.54) is 6.26 Å². The molecule has 1 fully saturated rings. The first-order valence-electron chi connectivity index (χ1n) is 5.27. The number of nitrogens with zero attached hydrogens (tertiary/aromatic N) is 3. The summed E-state index contributed by atoms with van der Waals surface area (Å²) in [6, 6.07) is 0.341. The second-order valence-electron chi connectivity index (χ2n) is 4.25. The Labute approximate surface area is 94.8 Å². The van der Waals surface area contributed by atoms with E-state index < -0.39 is 15.1 Å². The van der Waals surface area contributed by atoms with Crippen molar-refractivity contribution in [2.45, 2.75) is 37.6 Å². The Bertz CT molecular complexity index is 490. The number of nitrogens with two attached hydrogens (primary N) is 1. The van der Waals surface area contributed by atoms with E-state index in [4.69, 9.17) is 5.73 Å². The fourth-order valence-electron chi connectivity index (χ4n) is 1.68. The number of sulfone groups is 1. The van der Waals surface area contributed by atoms with Gasteiger partial charge >= 0.3 is 0 Å². The van der Waals surface area contributed by atoms with Crippen LogP contribution in [-0.2, 0) is 16.4 Å². The maximum Gasteiger partial charge on any atom is 0.157 e. The topological polar surface area (TPSA) is 90.9 Å². The molecule has 2 rings (SSSR count). The highest BCUT2D eigenvalue weighted by atomic mass is 32.2. The van der Waals surface area contributed by atoms with E-state index in [9.17, 15) is 8.42 Å². The molecule has 1 heterocycles. The molecule has 1 aromatic rings. The third-order valence-corrected chi connectivity index (χ3v) is 4.39. The van der Waals surface area contributed by atoms with Crippen LogP contribution in [0.15, 0.2) is 0 Å². The van der Waals surface area contributed by atoms with Crippen LogP contribution < -0.4 is 5.73 Å². The van der Waals surface area contributed by atoms with Gasteiger partial charge in [-0.1, -0.05) is 0 Å². The molecule has 0 spiro atoms. The molecular weight excluding hydrogens is 228 g/mol. The van der Waals surface area contributed by atoms with Crippen molar-refractivity contribution in [3.8, 4) is 0 Å². The molecule has 1 aliphatic rings. The predicted octanol–water partition coefficient (Wildman–Crippen LogP) is 0.177. The summed E-state index contributed by atoms with van der Waals surface area (Å²) in [6.07, 6.45) is 3.31. The molecule has 0 aliphatic heterocycles. The SMILES string of the molecule is CC(c1nnc(CN)n1C1CC1)S(C)(=O)=O. The molecule has 16 heavy (non-hydrogen) atoms. The summed E-state index contributed by atoms with van der Waals surface area (Å²) in [5, 5.41) is 7.30. The maximum atomic E-state index is 11.5. The molecule has 0 bridgehead atoms. The van der Waals surface area contributed by atoms with Gasteiger partial charge in [-0.2, -0.15) is 0 Å². The van der Waals surface area contributed by atoms with Crippen LogP contribution in [0.4, 0.5) is 0 Å². The lowest BCUT2D eigenvalue weighted by Crippen LogP contribution is -2.16. The monoisotopic (exact) mass is 244 g/mol. The molecule has 1 aliphatic carbocycles. The summed E-state index contributed by atoms with van der Waals surface area (Å²) >= 11 is 0. The van der Waals surface area contributed by atoms with Crippen LogP contribution in [0.1, 0.15) is 42.7 Å². The van der Waals surface area contributed by atoms with Gasteiger partial charge in [-0.05, 0) is 19.8 Å². The first-order valence-corrected chi connectivity index (χ1v) is 7.23. The fraction of sp³-hybridized carbons (Fsp3) is 0.778. The molecule has 0 saturated heterocycles. The molecule has 6 nitrogen and oxygen atoms in total. The van der Waals surface area contributed by atoms with Crippen LogP contribution in [0.2, 0.25) is 0 Å². The van der Waals surface area contributed by atoms with Gasteiger partial charge in [0.15, 0.2) is 15.7 Å². The molecule has 1 atom stereocenters. The van der Waals surface area contributed by atoms with Crippen molar-refractivity contribution in [1.82, 2.24) is 14.8 Å². The highest BCUT2D eigenvalue weighted by Crippen LogP contribution is 2.38. The quantitative estimate of drug-likeness (QED) is 0.815. The van der Waals surface area contributed by atoms with Gasteiger partial charge in [0.05, 0.1) is 6.54 Å². The normalized spacial score (nSPS) is 18.7. The number of hydrogen-bond acceptors (Lipinski definition) is 5. The van der Waals surface area contributed by atoms with Gasteiger partial charge in [-0.15, -0.1) is 10.2 Å². The lowest BCUT2D eigenvalue weighted by molar-refractivity contribution is 0.578. The third-order valence-electron chi connectivity index (χ3n) is 2.89. The van der Waals surface area contributed by atoms with Gasteiger partial charge < -0.3 is 10.3 Å².